The summed E-state index contributed by atoms with van der Waals surface area (Å²) in [6, 6.07) is 16.2. The third kappa shape index (κ3) is 7.53. The van der Waals surface area contributed by atoms with Gasteiger partial charge in [0.1, 0.15) is 12.4 Å². The van der Waals surface area contributed by atoms with Crippen molar-refractivity contribution in [1.82, 2.24) is 21.1 Å². The zero-order valence-electron chi connectivity index (χ0n) is 18.9. The molecule has 180 valence electrons. The van der Waals surface area contributed by atoms with Crippen molar-refractivity contribution in [3.05, 3.63) is 65.7 Å². The van der Waals surface area contributed by atoms with E-state index in [1.165, 1.54) is 0 Å². The second-order valence-corrected chi connectivity index (χ2v) is 8.04. The normalized spacial score (nSPS) is 15.0. The summed E-state index contributed by atoms with van der Waals surface area (Å²) < 4.78 is 10.7. The van der Waals surface area contributed by atoms with Crippen LogP contribution >= 0.6 is 12.2 Å². The molecule has 0 radical (unpaired) electrons. The van der Waals surface area contributed by atoms with Gasteiger partial charge in [-0.1, -0.05) is 30.3 Å². The molecule has 1 aliphatic heterocycles. The molecule has 1 atom stereocenters. The van der Waals surface area contributed by atoms with Crippen LogP contribution in [-0.4, -0.2) is 54.1 Å². The number of carbonyl (C=O) groups excluding carboxylic acids is 3. The summed E-state index contributed by atoms with van der Waals surface area (Å²) in [6.45, 7) is 4.23. The fourth-order valence-electron chi connectivity index (χ4n) is 3.40. The standard InChI is InChI=1S/C24H28N4O5S/c1-2-32-12-13-33-20-10-8-18(9-11-20)22(30)25-24(34)27-26-23(31)19-14-21(29)28(16-19)15-17-6-4-3-5-7-17/h3-11,19H,2,12-16H2,1H3,(H,26,31)(H2,25,27,30,34). The van der Waals surface area contributed by atoms with E-state index >= 15 is 0 Å². The Morgan fingerprint density at radius 1 is 1.06 bits per heavy atom. The van der Waals surface area contributed by atoms with Crippen molar-refractivity contribution in [1.29, 1.82) is 0 Å². The minimum atomic E-state index is -0.502. The summed E-state index contributed by atoms with van der Waals surface area (Å²) in [5, 5.41) is 2.45. The predicted octanol–water partition coefficient (Wildman–Crippen LogP) is 1.79. The van der Waals surface area contributed by atoms with Crippen LogP contribution in [0.1, 0.15) is 29.3 Å². The van der Waals surface area contributed by atoms with Gasteiger partial charge in [0.25, 0.3) is 5.91 Å². The van der Waals surface area contributed by atoms with Crippen molar-refractivity contribution in [3.63, 3.8) is 0 Å². The fourth-order valence-corrected chi connectivity index (χ4v) is 3.54. The maximum atomic E-state index is 12.5. The van der Waals surface area contributed by atoms with E-state index in [0.717, 1.165) is 5.56 Å². The zero-order chi connectivity index (χ0) is 24.3. The van der Waals surface area contributed by atoms with Gasteiger partial charge in [-0.25, -0.2) is 0 Å². The van der Waals surface area contributed by atoms with Crippen molar-refractivity contribution in [2.24, 2.45) is 5.92 Å². The van der Waals surface area contributed by atoms with Gasteiger partial charge in [-0.3, -0.25) is 30.6 Å². The first-order chi connectivity index (χ1) is 16.5. The molecule has 1 fully saturated rings. The second kappa shape index (κ2) is 12.7. The maximum absolute atomic E-state index is 12.5. The SMILES string of the molecule is CCOCCOc1ccc(C(=O)NC(=S)NNC(=O)C2CC(=O)N(Cc3ccccc3)C2)cc1. The van der Waals surface area contributed by atoms with E-state index in [0.29, 0.717) is 44.2 Å². The number of benzene rings is 2. The Kier molecular flexibility index (Phi) is 9.36. The van der Waals surface area contributed by atoms with Gasteiger partial charge in [0.05, 0.1) is 12.5 Å². The highest BCUT2D eigenvalue weighted by Crippen LogP contribution is 2.20. The van der Waals surface area contributed by atoms with E-state index in [9.17, 15) is 14.4 Å². The molecule has 10 heteroatoms. The monoisotopic (exact) mass is 484 g/mol. The molecule has 0 bridgehead atoms. The molecule has 1 aliphatic rings. The Morgan fingerprint density at radius 3 is 2.50 bits per heavy atom. The lowest BCUT2D eigenvalue weighted by Gasteiger charge is -2.17. The van der Waals surface area contributed by atoms with Crippen LogP contribution in [0.3, 0.4) is 0 Å². The number of ether oxygens (including phenoxy) is 2. The number of nitrogens with zero attached hydrogens (tertiary/aromatic N) is 1. The molecule has 0 aromatic heterocycles. The van der Waals surface area contributed by atoms with Gasteiger partial charge in [0.15, 0.2) is 5.11 Å². The number of carbonyl (C=O) groups is 3. The molecule has 1 heterocycles. The molecule has 3 amide bonds. The summed E-state index contributed by atoms with van der Waals surface area (Å²) in [4.78, 5) is 38.8. The Morgan fingerprint density at radius 2 is 1.79 bits per heavy atom. The molecule has 3 N–H and O–H groups in total. The Balaban J connectivity index is 1.40. The van der Waals surface area contributed by atoms with Crippen LogP contribution in [-0.2, 0) is 20.9 Å². The quantitative estimate of drug-likeness (QED) is 0.283. The van der Waals surface area contributed by atoms with Crippen molar-refractivity contribution < 1.29 is 23.9 Å². The second-order valence-electron chi connectivity index (χ2n) is 7.63. The van der Waals surface area contributed by atoms with Crippen molar-refractivity contribution in [2.75, 3.05) is 26.4 Å². The summed E-state index contributed by atoms with van der Waals surface area (Å²) in [7, 11) is 0. The number of hydrogen-bond donors (Lipinski definition) is 3. The first-order valence-corrected chi connectivity index (χ1v) is 11.4. The largest absolute Gasteiger partial charge is 0.491 e. The molecule has 0 aliphatic carbocycles. The Bertz CT molecular complexity index is 1000. The smallest absolute Gasteiger partial charge is 0.257 e. The first kappa shape index (κ1) is 25.1. The average molecular weight is 485 g/mol. The molecule has 2 aromatic carbocycles. The number of hydrogen-bond acceptors (Lipinski definition) is 6. The minimum Gasteiger partial charge on any atom is -0.491 e. The summed E-state index contributed by atoms with van der Waals surface area (Å²) in [5.41, 5.74) is 6.38. The Labute approximate surface area is 203 Å². The lowest BCUT2D eigenvalue weighted by atomic mass is 10.1. The summed E-state index contributed by atoms with van der Waals surface area (Å²) in [6.07, 6.45) is 0.123. The van der Waals surface area contributed by atoms with Crippen LogP contribution in [0.15, 0.2) is 54.6 Å². The molecular weight excluding hydrogens is 456 g/mol. The molecule has 0 saturated carbocycles. The van der Waals surface area contributed by atoms with Gasteiger partial charge in [0, 0.05) is 31.7 Å². The minimum absolute atomic E-state index is 0.0548. The third-order valence-corrected chi connectivity index (χ3v) is 5.35. The molecule has 34 heavy (non-hydrogen) atoms. The molecule has 0 spiro atoms. The van der Waals surface area contributed by atoms with Gasteiger partial charge >= 0.3 is 0 Å². The number of amides is 3. The van der Waals surface area contributed by atoms with E-state index in [-0.39, 0.29) is 23.3 Å². The van der Waals surface area contributed by atoms with E-state index in [1.54, 1.807) is 29.2 Å². The molecule has 3 rings (SSSR count). The van der Waals surface area contributed by atoms with Crippen LogP contribution < -0.4 is 20.9 Å². The Hall–Kier alpha value is -3.50. The third-order valence-electron chi connectivity index (χ3n) is 5.14. The van der Waals surface area contributed by atoms with Gasteiger partial charge in [-0.15, -0.1) is 0 Å². The molecule has 1 unspecified atom stereocenters. The summed E-state index contributed by atoms with van der Waals surface area (Å²) in [5.74, 6) is -0.758. The number of nitrogens with one attached hydrogen (secondary N) is 3. The molecule has 9 nitrogen and oxygen atoms in total. The van der Waals surface area contributed by atoms with E-state index in [4.69, 9.17) is 21.7 Å². The zero-order valence-corrected chi connectivity index (χ0v) is 19.7. The number of thiocarbonyl (C=S) groups is 1. The average Bonchev–Trinajstić information content (AvgIpc) is 3.21. The molecule has 2 aromatic rings. The van der Waals surface area contributed by atoms with Crippen LogP contribution in [0.5, 0.6) is 5.75 Å². The number of hydrazine groups is 1. The topological polar surface area (TPSA) is 109 Å². The first-order valence-electron chi connectivity index (χ1n) is 11.0. The van der Waals surface area contributed by atoms with Crippen molar-refractivity contribution >= 4 is 35.1 Å². The predicted molar refractivity (Wildman–Crippen MR) is 130 cm³/mol. The van der Waals surface area contributed by atoms with Crippen LogP contribution in [0.25, 0.3) is 0 Å². The van der Waals surface area contributed by atoms with Crippen molar-refractivity contribution in [2.45, 2.75) is 19.9 Å². The van der Waals surface area contributed by atoms with E-state index < -0.39 is 11.8 Å². The van der Waals surface area contributed by atoms with Gasteiger partial charge in [-0.05, 0) is 49.0 Å². The lowest BCUT2D eigenvalue weighted by Crippen LogP contribution is -2.50. The van der Waals surface area contributed by atoms with E-state index in [1.807, 2.05) is 37.3 Å². The highest BCUT2D eigenvalue weighted by atomic mass is 32.1. The van der Waals surface area contributed by atoms with Gasteiger partial charge < -0.3 is 14.4 Å². The highest BCUT2D eigenvalue weighted by molar-refractivity contribution is 7.80. The fraction of sp³-hybridized carbons (Fsp3) is 0.333. The van der Waals surface area contributed by atoms with Crippen LogP contribution in [0.4, 0.5) is 0 Å². The lowest BCUT2D eigenvalue weighted by molar-refractivity contribution is -0.129. The molecule has 1 saturated heterocycles. The van der Waals surface area contributed by atoms with Crippen LogP contribution in [0.2, 0.25) is 0 Å². The summed E-state index contributed by atoms with van der Waals surface area (Å²) >= 11 is 5.09. The van der Waals surface area contributed by atoms with Crippen LogP contribution in [0, 0.1) is 5.92 Å². The number of rotatable bonds is 9. The van der Waals surface area contributed by atoms with Crippen molar-refractivity contribution in [3.8, 4) is 5.75 Å². The molecular formula is C24H28N4O5S. The maximum Gasteiger partial charge on any atom is 0.257 e. The highest BCUT2D eigenvalue weighted by Gasteiger charge is 2.34. The van der Waals surface area contributed by atoms with Gasteiger partial charge in [-0.2, -0.15) is 0 Å². The van der Waals surface area contributed by atoms with Gasteiger partial charge in [0.2, 0.25) is 11.8 Å². The van der Waals surface area contributed by atoms with E-state index in [2.05, 4.69) is 16.2 Å². The number of likely N-dealkylation sites (tertiary alicyclic amines) is 1.